The monoisotopic (exact) mass is 432 g/mol. The van der Waals surface area contributed by atoms with Crippen LogP contribution >= 0.6 is 0 Å². The Kier molecular flexibility index (Phi) is 7.40. The largest absolute Gasteiger partial charge is 0.207 e. The van der Waals surface area contributed by atoms with Crippen LogP contribution in [0.3, 0.4) is 0 Å². The molecule has 0 radical (unpaired) electrons. The smallest absolute Gasteiger partial charge is 0.129 e. The maximum Gasteiger partial charge on any atom is 0.129 e. The molecule has 32 heavy (non-hydrogen) atoms. The highest BCUT2D eigenvalue weighted by atomic mass is 19.1. The van der Waals surface area contributed by atoms with Crippen LogP contribution in [0.25, 0.3) is 11.1 Å². The van der Waals surface area contributed by atoms with Gasteiger partial charge in [0, 0.05) is 5.56 Å². The Balaban J connectivity index is 1.46. The van der Waals surface area contributed by atoms with Gasteiger partial charge < -0.3 is 0 Å². The topological polar surface area (TPSA) is 0 Å². The average molecular weight is 433 g/mol. The van der Waals surface area contributed by atoms with Crippen LogP contribution in [0.5, 0.6) is 0 Å². The number of benzene rings is 3. The van der Waals surface area contributed by atoms with Crippen molar-refractivity contribution in [2.45, 2.75) is 70.6 Å². The second kappa shape index (κ2) is 10.4. The molecule has 3 aromatic carbocycles. The second-order valence-corrected chi connectivity index (χ2v) is 9.56. The normalized spacial score (nSPS) is 19.6. The summed E-state index contributed by atoms with van der Waals surface area (Å²) in [5, 5.41) is 0. The van der Waals surface area contributed by atoms with Crippen molar-refractivity contribution in [3.8, 4) is 11.1 Å². The van der Waals surface area contributed by atoms with E-state index in [0.717, 1.165) is 17.0 Å². The predicted molar refractivity (Wildman–Crippen MR) is 130 cm³/mol. The second-order valence-electron chi connectivity index (χ2n) is 9.56. The summed E-state index contributed by atoms with van der Waals surface area (Å²) in [5.41, 5.74) is 4.10. The van der Waals surface area contributed by atoms with Crippen LogP contribution < -0.4 is 0 Å². The maximum absolute atomic E-state index is 14.9. The maximum atomic E-state index is 14.9. The third-order valence-electron chi connectivity index (χ3n) is 7.28. The van der Waals surface area contributed by atoms with Gasteiger partial charge in [-0.15, -0.1) is 0 Å². The van der Waals surface area contributed by atoms with Crippen LogP contribution in [0.4, 0.5) is 8.78 Å². The Morgan fingerprint density at radius 2 is 1.44 bits per heavy atom. The first kappa shape index (κ1) is 22.7. The molecule has 0 bridgehead atoms. The zero-order chi connectivity index (χ0) is 22.5. The number of hydrogen-bond acceptors (Lipinski definition) is 0. The van der Waals surface area contributed by atoms with Gasteiger partial charge in [-0.05, 0) is 84.2 Å². The average Bonchev–Trinajstić information content (AvgIpc) is 2.82. The summed E-state index contributed by atoms with van der Waals surface area (Å²) >= 11 is 0. The molecular weight excluding hydrogens is 398 g/mol. The van der Waals surface area contributed by atoms with Crippen molar-refractivity contribution in [3.63, 3.8) is 0 Å². The first-order chi connectivity index (χ1) is 15.5. The number of rotatable bonds is 7. The van der Waals surface area contributed by atoms with E-state index in [1.54, 1.807) is 0 Å². The first-order valence-corrected chi connectivity index (χ1v) is 12.2. The van der Waals surface area contributed by atoms with Gasteiger partial charge in [0.1, 0.15) is 11.6 Å². The molecule has 0 heterocycles. The van der Waals surface area contributed by atoms with Gasteiger partial charge in [-0.25, -0.2) is 8.78 Å². The molecule has 1 saturated carbocycles. The summed E-state index contributed by atoms with van der Waals surface area (Å²) in [7, 11) is 0. The molecule has 0 saturated heterocycles. The zero-order valence-electron chi connectivity index (χ0n) is 19.3. The molecule has 1 aliphatic carbocycles. The van der Waals surface area contributed by atoms with Gasteiger partial charge in [0.25, 0.3) is 0 Å². The Labute approximate surface area is 191 Å². The van der Waals surface area contributed by atoms with E-state index >= 15 is 0 Å². The highest BCUT2D eigenvalue weighted by Gasteiger charge is 2.22. The van der Waals surface area contributed by atoms with Crippen LogP contribution in [0.15, 0.2) is 66.7 Å². The van der Waals surface area contributed by atoms with Gasteiger partial charge in [-0.3, -0.25) is 0 Å². The SMILES string of the molecule is CCCC1CCC(c2ccc(-c3cc(F)c(C[C@@H](C)c4ccccc4)c(F)c3)cc2)CC1. The van der Waals surface area contributed by atoms with Crippen molar-refractivity contribution >= 4 is 0 Å². The lowest BCUT2D eigenvalue weighted by atomic mass is 9.77. The summed E-state index contributed by atoms with van der Waals surface area (Å²) in [6.07, 6.45) is 8.12. The number of halogens is 2. The fourth-order valence-electron chi connectivity index (χ4n) is 5.31. The van der Waals surface area contributed by atoms with E-state index in [4.69, 9.17) is 0 Å². The molecule has 168 valence electrons. The molecular formula is C30H34F2. The summed E-state index contributed by atoms with van der Waals surface area (Å²) in [6, 6.07) is 21.2. The van der Waals surface area contributed by atoms with Crippen LogP contribution in [0, 0.1) is 17.6 Å². The Morgan fingerprint density at radius 3 is 2.03 bits per heavy atom. The zero-order valence-corrected chi connectivity index (χ0v) is 19.3. The van der Waals surface area contributed by atoms with E-state index in [2.05, 4.69) is 19.1 Å². The van der Waals surface area contributed by atoms with Crippen molar-refractivity contribution < 1.29 is 8.78 Å². The van der Waals surface area contributed by atoms with E-state index in [1.165, 1.54) is 56.2 Å². The molecule has 3 aromatic rings. The van der Waals surface area contributed by atoms with Crippen LogP contribution in [-0.2, 0) is 6.42 Å². The fourth-order valence-corrected chi connectivity index (χ4v) is 5.31. The van der Waals surface area contributed by atoms with E-state index < -0.39 is 11.6 Å². The molecule has 2 heteroatoms. The lowest BCUT2D eigenvalue weighted by molar-refractivity contribution is 0.308. The summed E-state index contributed by atoms with van der Waals surface area (Å²) in [6.45, 7) is 4.28. The van der Waals surface area contributed by atoms with Crippen molar-refractivity contribution in [2.24, 2.45) is 5.92 Å². The van der Waals surface area contributed by atoms with Crippen molar-refractivity contribution in [2.75, 3.05) is 0 Å². The molecule has 1 aliphatic rings. The quantitative estimate of drug-likeness (QED) is 0.349. The molecule has 0 amide bonds. The van der Waals surface area contributed by atoms with Gasteiger partial charge in [0.05, 0.1) is 0 Å². The summed E-state index contributed by atoms with van der Waals surface area (Å²) < 4.78 is 29.8. The van der Waals surface area contributed by atoms with Crippen LogP contribution in [0.2, 0.25) is 0 Å². The van der Waals surface area contributed by atoms with Gasteiger partial charge in [-0.1, -0.05) is 81.3 Å². The molecule has 0 spiro atoms. The van der Waals surface area contributed by atoms with Crippen LogP contribution in [-0.4, -0.2) is 0 Å². The highest BCUT2D eigenvalue weighted by Crippen LogP contribution is 2.38. The van der Waals surface area contributed by atoms with E-state index in [0.29, 0.717) is 17.9 Å². The van der Waals surface area contributed by atoms with Gasteiger partial charge in [0.15, 0.2) is 0 Å². The first-order valence-electron chi connectivity index (χ1n) is 12.2. The van der Waals surface area contributed by atoms with Gasteiger partial charge in [-0.2, -0.15) is 0 Å². The predicted octanol–water partition coefficient (Wildman–Crippen LogP) is 9.05. The molecule has 0 aliphatic heterocycles. The minimum absolute atomic E-state index is 0.0535. The summed E-state index contributed by atoms with van der Waals surface area (Å²) in [4.78, 5) is 0. The standard InChI is InChI=1S/C30H34F2/c1-3-7-22-10-12-24(13-11-22)25-14-16-26(17-15-25)27-19-29(31)28(30(32)20-27)18-21(2)23-8-5-4-6-9-23/h4-6,8-9,14-17,19-22,24H,3,7,10-13,18H2,1-2H3/t21-,22?,24?/m1/s1. The third-order valence-corrected chi connectivity index (χ3v) is 7.28. The molecule has 0 N–H and O–H groups in total. The lowest BCUT2D eigenvalue weighted by Gasteiger charge is -2.28. The molecule has 4 rings (SSSR count). The van der Waals surface area contributed by atoms with Crippen molar-refractivity contribution in [3.05, 3.63) is 95.1 Å². The minimum Gasteiger partial charge on any atom is -0.207 e. The van der Waals surface area contributed by atoms with Gasteiger partial charge >= 0.3 is 0 Å². The molecule has 1 atom stereocenters. The highest BCUT2D eigenvalue weighted by molar-refractivity contribution is 5.64. The third kappa shape index (κ3) is 5.28. The van der Waals surface area contributed by atoms with E-state index in [-0.39, 0.29) is 11.5 Å². The molecule has 0 unspecified atom stereocenters. The lowest BCUT2D eigenvalue weighted by Crippen LogP contribution is -2.13. The number of hydrogen-bond donors (Lipinski definition) is 0. The van der Waals surface area contributed by atoms with Crippen molar-refractivity contribution in [1.82, 2.24) is 0 Å². The molecule has 1 fully saturated rings. The molecule has 0 aromatic heterocycles. The fraction of sp³-hybridized carbons (Fsp3) is 0.400. The molecule has 0 nitrogen and oxygen atoms in total. The Morgan fingerprint density at radius 1 is 0.812 bits per heavy atom. The Bertz CT molecular complexity index is 976. The summed E-state index contributed by atoms with van der Waals surface area (Å²) in [5.74, 6) is 0.650. The van der Waals surface area contributed by atoms with Crippen LogP contribution in [0.1, 0.15) is 80.9 Å². The van der Waals surface area contributed by atoms with E-state index in [9.17, 15) is 8.78 Å². The van der Waals surface area contributed by atoms with Crippen molar-refractivity contribution in [1.29, 1.82) is 0 Å². The minimum atomic E-state index is -0.457. The Hall–Kier alpha value is -2.48. The van der Waals surface area contributed by atoms with E-state index in [1.807, 2.05) is 49.4 Å². The van der Waals surface area contributed by atoms with Gasteiger partial charge in [0.2, 0.25) is 0 Å².